The van der Waals surface area contributed by atoms with E-state index in [1.807, 2.05) is 0 Å². The zero-order valence-corrected chi connectivity index (χ0v) is 27.9. The number of hydrogen-bond acceptors (Lipinski definition) is 3. The minimum absolute atomic E-state index is 0.171. The van der Waals surface area contributed by atoms with Gasteiger partial charge in [-0.1, -0.05) is 106 Å². The summed E-state index contributed by atoms with van der Waals surface area (Å²) in [5.74, 6) is 2.87. The topological polar surface area (TPSA) is 27.7 Å². The molecule has 0 aromatic carbocycles. The van der Waals surface area contributed by atoms with Crippen molar-refractivity contribution in [3.63, 3.8) is 0 Å². The number of rotatable bonds is 17. The van der Waals surface area contributed by atoms with Gasteiger partial charge in [0.2, 0.25) is 0 Å². The van der Waals surface area contributed by atoms with Crippen molar-refractivity contribution < 1.29 is 13.9 Å². The quantitative estimate of drug-likeness (QED) is 0.108. The fourth-order valence-electron chi connectivity index (χ4n) is 5.01. The molecular formula is C32H64O3Si. The summed E-state index contributed by atoms with van der Waals surface area (Å²) in [6, 6.07) is 0. The molecule has 214 valence electrons. The van der Waals surface area contributed by atoms with Crippen molar-refractivity contribution in [2.75, 3.05) is 13.9 Å². The number of ether oxygens (including phenoxy) is 2. The predicted octanol–water partition coefficient (Wildman–Crippen LogP) is 9.90. The summed E-state index contributed by atoms with van der Waals surface area (Å²) in [5.41, 5.74) is 1.44. The molecule has 8 atom stereocenters. The Labute approximate surface area is 228 Å². The van der Waals surface area contributed by atoms with Crippen LogP contribution < -0.4 is 0 Å². The molecule has 0 radical (unpaired) electrons. The van der Waals surface area contributed by atoms with Gasteiger partial charge < -0.3 is 13.9 Å². The minimum Gasteiger partial charge on any atom is -0.413 e. The molecule has 0 saturated heterocycles. The third-order valence-electron chi connectivity index (χ3n) is 8.94. The van der Waals surface area contributed by atoms with Crippen LogP contribution in [0, 0.1) is 35.5 Å². The molecule has 4 heteroatoms. The van der Waals surface area contributed by atoms with E-state index >= 15 is 0 Å². The van der Waals surface area contributed by atoms with Crippen molar-refractivity contribution in [3.8, 4) is 0 Å². The molecule has 0 N–H and O–H groups in total. The highest BCUT2D eigenvalue weighted by Crippen LogP contribution is 2.41. The van der Waals surface area contributed by atoms with E-state index in [1.54, 1.807) is 7.11 Å². The molecule has 0 amide bonds. The van der Waals surface area contributed by atoms with E-state index in [9.17, 15) is 0 Å². The highest BCUT2D eigenvalue weighted by atomic mass is 28.4. The summed E-state index contributed by atoms with van der Waals surface area (Å²) in [7, 11) is -0.208. The maximum Gasteiger partial charge on any atom is 0.192 e. The van der Waals surface area contributed by atoms with Crippen LogP contribution in [0.5, 0.6) is 0 Å². The summed E-state index contributed by atoms with van der Waals surface area (Å²) in [4.78, 5) is 0. The molecule has 2 unspecified atom stereocenters. The lowest BCUT2D eigenvalue weighted by atomic mass is 9.77. The highest BCUT2D eigenvalue weighted by molar-refractivity contribution is 6.74. The summed E-state index contributed by atoms with van der Waals surface area (Å²) in [6.45, 7) is 33.1. The molecule has 0 aromatic heterocycles. The van der Waals surface area contributed by atoms with E-state index in [1.165, 1.54) is 5.57 Å². The van der Waals surface area contributed by atoms with Gasteiger partial charge in [0.15, 0.2) is 8.32 Å². The normalized spacial score (nSPS) is 20.6. The van der Waals surface area contributed by atoms with Crippen molar-refractivity contribution in [1.82, 2.24) is 0 Å². The van der Waals surface area contributed by atoms with Gasteiger partial charge in [0.25, 0.3) is 0 Å². The first-order valence-corrected chi connectivity index (χ1v) is 17.6. The Kier molecular flexibility index (Phi) is 16.3. The van der Waals surface area contributed by atoms with E-state index in [0.29, 0.717) is 42.3 Å². The van der Waals surface area contributed by atoms with Crippen molar-refractivity contribution in [3.05, 3.63) is 23.8 Å². The second-order valence-electron chi connectivity index (χ2n) is 13.2. The van der Waals surface area contributed by atoms with Gasteiger partial charge in [-0.3, -0.25) is 0 Å². The highest BCUT2D eigenvalue weighted by Gasteiger charge is 2.42. The standard InChI is InChI=1S/C32H64O3Si/c1-16-18-19-25(5)28(8)29(9)31(35-36(14,15)32(10,11)12)27(7)21-23(3)20-26(6)30(24(4)17-2)34-22-33-13/h18-20,24-31H,16-17,21-22H2,1-15H3/b19-18-,23-20-/t24?,25?,26-,27-,28-,29+,30-,31+/m0/s1. The average molecular weight is 525 g/mol. The number of allylic oxidation sites excluding steroid dienone is 3. The molecule has 36 heavy (non-hydrogen) atoms. The minimum atomic E-state index is -1.91. The maximum absolute atomic E-state index is 7.21. The SMILES string of the molecule is CC/C=C\C(C)[C@H](C)[C@@H](C)[C@H](O[Si](C)(C)C(C)(C)C)[C@@H](C)C/C(C)=C\[C@H](C)[C@@H](OCOC)C(C)CC. The molecule has 3 nitrogen and oxygen atoms in total. The van der Waals surface area contributed by atoms with Crippen LogP contribution in [-0.4, -0.2) is 34.4 Å². The average Bonchev–Trinajstić information content (AvgIpc) is 2.78. The molecule has 0 aliphatic rings. The zero-order chi connectivity index (χ0) is 28.3. The van der Waals surface area contributed by atoms with Crippen LogP contribution in [0.4, 0.5) is 0 Å². The monoisotopic (exact) mass is 524 g/mol. The summed E-state index contributed by atoms with van der Waals surface area (Å²) in [5, 5.41) is 0.198. The third-order valence-corrected chi connectivity index (χ3v) is 13.4. The number of hydrogen-bond donors (Lipinski definition) is 0. The Bertz CT molecular complexity index is 648. The molecule has 0 saturated carbocycles. The fourth-order valence-corrected chi connectivity index (χ4v) is 6.49. The van der Waals surface area contributed by atoms with Crippen molar-refractivity contribution in [1.29, 1.82) is 0 Å². The first kappa shape index (κ1) is 35.6. The largest absolute Gasteiger partial charge is 0.413 e. The summed E-state index contributed by atoms with van der Waals surface area (Å²) in [6.07, 6.45) is 10.8. The third kappa shape index (κ3) is 11.5. The lowest BCUT2D eigenvalue weighted by molar-refractivity contribution is -0.102. The molecular weight excluding hydrogens is 460 g/mol. The van der Waals surface area contributed by atoms with Crippen molar-refractivity contribution in [2.24, 2.45) is 35.5 Å². The van der Waals surface area contributed by atoms with Gasteiger partial charge in [0.1, 0.15) is 6.79 Å². The molecule has 0 spiro atoms. The molecule has 0 rings (SSSR count). The van der Waals surface area contributed by atoms with Gasteiger partial charge in [-0.25, -0.2) is 0 Å². The molecule has 0 aliphatic heterocycles. The molecule has 0 fully saturated rings. The van der Waals surface area contributed by atoms with E-state index in [2.05, 4.69) is 114 Å². The Hall–Kier alpha value is -0.423. The van der Waals surface area contributed by atoms with Crippen LogP contribution in [-0.2, 0) is 13.9 Å². The molecule has 0 aliphatic carbocycles. The van der Waals surface area contributed by atoms with E-state index in [4.69, 9.17) is 13.9 Å². The van der Waals surface area contributed by atoms with Crippen molar-refractivity contribution >= 4 is 8.32 Å². The lowest BCUT2D eigenvalue weighted by Gasteiger charge is -2.44. The smallest absolute Gasteiger partial charge is 0.192 e. The van der Waals surface area contributed by atoms with E-state index < -0.39 is 8.32 Å². The second-order valence-corrected chi connectivity index (χ2v) is 18.0. The Balaban J connectivity index is 5.89. The Morgan fingerprint density at radius 2 is 1.44 bits per heavy atom. The van der Waals surface area contributed by atoms with Gasteiger partial charge in [0, 0.05) is 13.0 Å². The lowest BCUT2D eigenvalue weighted by Crippen LogP contribution is -2.48. The van der Waals surface area contributed by atoms with E-state index in [0.717, 1.165) is 19.3 Å². The first-order valence-electron chi connectivity index (χ1n) is 14.7. The van der Waals surface area contributed by atoms with Crippen LogP contribution in [0.3, 0.4) is 0 Å². The molecule has 0 heterocycles. The van der Waals surface area contributed by atoms with E-state index in [-0.39, 0.29) is 17.2 Å². The van der Waals surface area contributed by atoms with Gasteiger partial charge in [-0.05, 0) is 67.5 Å². The number of methoxy groups -OCH3 is 1. The van der Waals surface area contributed by atoms with Gasteiger partial charge >= 0.3 is 0 Å². The van der Waals surface area contributed by atoms with Crippen LogP contribution in [0.15, 0.2) is 23.8 Å². The van der Waals surface area contributed by atoms with Gasteiger partial charge in [0.05, 0.1) is 12.2 Å². The van der Waals surface area contributed by atoms with Gasteiger partial charge in [-0.15, -0.1) is 0 Å². The summed E-state index contributed by atoms with van der Waals surface area (Å²) >= 11 is 0. The first-order chi connectivity index (χ1) is 16.5. The Morgan fingerprint density at radius 3 is 1.92 bits per heavy atom. The fraction of sp³-hybridized carbons (Fsp3) is 0.875. The molecule has 0 aromatic rings. The zero-order valence-electron chi connectivity index (χ0n) is 26.9. The van der Waals surface area contributed by atoms with Crippen LogP contribution in [0.25, 0.3) is 0 Å². The second kappa shape index (κ2) is 16.5. The predicted molar refractivity (Wildman–Crippen MR) is 162 cm³/mol. The summed E-state index contributed by atoms with van der Waals surface area (Å²) < 4.78 is 18.5. The molecule has 0 bridgehead atoms. The van der Waals surface area contributed by atoms with Crippen LogP contribution in [0.1, 0.15) is 102 Å². The van der Waals surface area contributed by atoms with Crippen molar-refractivity contribution in [2.45, 2.75) is 133 Å². The van der Waals surface area contributed by atoms with Crippen LogP contribution >= 0.6 is 0 Å². The van der Waals surface area contributed by atoms with Gasteiger partial charge in [-0.2, -0.15) is 0 Å². The maximum atomic E-state index is 7.21. The Morgan fingerprint density at radius 1 is 0.861 bits per heavy atom. The van der Waals surface area contributed by atoms with Crippen LogP contribution in [0.2, 0.25) is 18.1 Å².